The first-order valence-corrected chi connectivity index (χ1v) is 8.77. The van der Waals surface area contributed by atoms with Gasteiger partial charge in [0.15, 0.2) is 11.3 Å². The molecular formula is C16H17ClN4O3S. The number of thioether (sulfide) groups is 1. The van der Waals surface area contributed by atoms with Gasteiger partial charge in [0.25, 0.3) is 5.91 Å². The second-order valence-corrected chi connectivity index (χ2v) is 6.58. The van der Waals surface area contributed by atoms with E-state index in [1.807, 2.05) is 19.9 Å². The van der Waals surface area contributed by atoms with Crippen molar-refractivity contribution in [3.05, 3.63) is 40.8 Å². The number of carbonyl (C=O) groups is 2. The van der Waals surface area contributed by atoms with Crippen molar-refractivity contribution < 1.29 is 14.3 Å². The molecule has 0 saturated carbocycles. The van der Waals surface area contributed by atoms with Gasteiger partial charge in [0.05, 0.1) is 10.8 Å². The standard InChI is InChI=1S/C16H17ClN4O3S/c1-9-6-10(2)20-16(19-9)25-8-14(22)24-11(3)15(23)21-13-5-4-12(17)7-18-13/h4-7,11H,8H2,1-3H3,(H,18,21,23). The summed E-state index contributed by atoms with van der Waals surface area (Å²) in [4.78, 5) is 36.3. The minimum atomic E-state index is -0.953. The van der Waals surface area contributed by atoms with Crippen molar-refractivity contribution in [3.63, 3.8) is 0 Å². The first kappa shape index (κ1) is 19.1. The van der Waals surface area contributed by atoms with E-state index in [0.717, 1.165) is 23.1 Å². The van der Waals surface area contributed by atoms with E-state index in [-0.39, 0.29) is 5.75 Å². The van der Waals surface area contributed by atoms with Crippen molar-refractivity contribution in [1.29, 1.82) is 0 Å². The topological polar surface area (TPSA) is 94.1 Å². The van der Waals surface area contributed by atoms with Crippen LogP contribution in [0.1, 0.15) is 18.3 Å². The van der Waals surface area contributed by atoms with Gasteiger partial charge in [0.1, 0.15) is 5.82 Å². The van der Waals surface area contributed by atoms with Gasteiger partial charge in [0.2, 0.25) is 0 Å². The summed E-state index contributed by atoms with van der Waals surface area (Å²) in [6, 6.07) is 5.00. The third kappa shape index (κ3) is 6.32. The monoisotopic (exact) mass is 380 g/mol. The van der Waals surface area contributed by atoms with Gasteiger partial charge < -0.3 is 10.1 Å². The number of aryl methyl sites for hydroxylation is 2. The smallest absolute Gasteiger partial charge is 0.317 e. The number of carbonyl (C=O) groups excluding carboxylic acids is 2. The van der Waals surface area contributed by atoms with Crippen molar-refractivity contribution in [3.8, 4) is 0 Å². The molecule has 7 nitrogen and oxygen atoms in total. The number of anilines is 1. The number of halogens is 1. The second kappa shape index (κ2) is 8.77. The van der Waals surface area contributed by atoms with Gasteiger partial charge >= 0.3 is 5.97 Å². The Morgan fingerprint density at radius 3 is 2.56 bits per heavy atom. The predicted molar refractivity (Wildman–Crippen MR) is 95.7 cm³/mol. The van der Waals surface area contributed by atoms with Crippen molar-refractivity contribution in [2.45, 2.75) is 32.0 Å². The Bertz CT molecular complexity index is 750. The van der Waals surface area contributed by atoms with Crippen LogP contribution in [0.25, 0.3) is 0 Å². The normalized spacial score (nSPS) is 11.7. The van der Waals surface area contributed by atoms with Crippen LogP contribution in [0.5, 0.6) is 0 Å². The molecule has 2 aromatic heterocycles. The Hall–Kier alpha value is -2.19. The van der Waals surface area contributed by atoms with Crippen LogP contribution in [-0.4, -0.2) is 38.7 Å². The molecule has 2 aromatic rings. The largest absolute Gasteiger partial charge is 0.452 e. The first-order chi connectivity index (χ1) is 11.8. The molecule has 0 spiro atoms. The van der Waals surface area contributed by atoms with Crippen LogP contribution in [0.4, 0.5) is 5.82 Å². The minimum Gasteiger partial charge on any atom is -0.452 e. The van der Waals surface area contributed by atoms with Gasteiger partial charge in [-0.05, 0) is 39.0 Å². The molecule has 2 heterocycles. The lowest BCUT2D eigenvalue weighted by molar-refractivity contribution is -0.150. The van der Waals surface area contributed by atoms with E-state index in [0.29, 0.717) is 16.0 Å². The van der Waals surface area contributed by atoms with Crippen LogP contribution < -0.4 is 5.32 Å². The number of nitrogens with one attached hydrogen (secondary N) is 1. The van der Waals surface area contributed by atoms with Crippen molar-refractivity contribution in [2.24, 2.45) is 0 Å². The Balaban J connectivity index is 1.82. The zero-order chi connectivity index (χ0) is 18.4. The third-order valence-corrected chi connectivity index (χ3v) is 3.98. The number of rotatable bonds is 6. The zero-order valence-electron chi connectivity index (χ0n) is 13.9. The molecule has 0 aliphatic heterocycles. The van der Waals surface area contributed by atoms with Gasteiger partial charge in [-0.1, -0.05) is 23.4 Å². The number of ether oxygens (including phenoxy) is 1. The number of pyridine rings is 1. The van der Waals surface area contributed by atoms with Crippen LogP contribution in [0.15, 0.2) is 29.6 Å². The van der Waals surface area contributed by atoms with E-state index in [2.05, 4.69) is 20.3 Å². The predicted octanol–water partition coefficient (Wildman–Crippen LogP) is 2.80. The average molecular weight is 381 g/mol. The molecule has 9 heteroatoms. The highest BCUT2D eigenvalue weighted by Crippen LogP contribution is 2.15. The zero-order valence-corrected chi connectivity index (χ0v) is 15.5. The Morgan fingerprint density at radius 1 is 1.28 bits per heavy atom. The molecule has 1 atom stereocenters. The molecule has 0 saturated heterocycles. The van der Waals surface area contributed by atoms with Crippen LogP contribution in [-0.2, 0) is 14.3 Å². The molecule has 0 bridgehead atoms. The van der Waals surface area contributed by atoms with Gasteiger partial charge in [-0.2, -0.15) is 0 Å². The Labute approximate surface area is 154 Å². The molecular weight excluding hydrogens is 364 g/mol. The minimum absolute atomic E-state index is 0.0136. The van der Waals surface area contributed by atoms with Gasteiger partial charge in [-0.15, -0.1) is 0 Å². The average Bonchev–Trinajstić information content (AvgIpc) is 2.54. The number of nitrogens with zero attached hydrogens (tertiary/aromatic N) is 3. The van der Waals surface area contributed by atoms with Gasteiger partial charge in [-0.3, -0.25) is 9.59 Å². The highest BCUT2D eigenvalue weighted by atomic mass is 35.5. The Kier molecular flexibility index (Phi) is 6.72. The van der Waals surface area contributed by atoms with Crippen LogP contribution >= 0.6 is 23.4 Å². The van der Waals surface area contributed by atoms with Crippen LogP contribution in [0.2, 0.25) is 5.02 Å². The molecule has 1 unspecified atom stereocenters. The number of hydrogen-bond donors (Lipinski definition) is 1. The SMILES string of the molecule is Cc1cc(C)nc(SCC(=O)OC(C)C(=O)Nc2ccc(Cl)cn2)n1. The lowest BCUT2D eigenvalue weighted by Gasteiger charge is -2.13. The van der Waals surface area contributed by atoms with Crippen molar-refractivity contribution in [2.75, 3.05) is 11.1 Å². The fraction of sp³-hybridized carbons (Fsp3) is 0.312. The molecule has 0 aromatic carbocycles. The summed E-state index contributed by atoms with van der Waals surface area (Å²) in [5.41, 5.74) is 1.65. The summed E-state index contributed by atoms with van der Waals surface area (Å²) in [6.07, 6.45) is 0.458. The van der Waals surface area contributed by atoms with Gasteiger partial charge in [-0.25, -0.2) is 15.0 Å². The summed E-state index contributed by atoms with van der Waals surface area (Å²) < 4.78 is 5.11. The first-order valence-electron chi connectivity index (χ1n) is 7.40. The fourth-order valence-electron chi connectivity index (χ4n) is 1.84. The van der Waals surface area contributed by atoms with Crippen LogP contribution in [0.3, 0.4) is 0 Å². The summed E-state index contributed by atoms with van der Waals surface area (Å²) in [7, 11) is 0. The molecule has 25 heavy (non-hydrogen) atoms. The van der Waals surface area contributed by atoms with E-state index in [1.165, 1.54) is 13.1 Å². The van der Waals surface area contributed by atoms with Gasteiger partial charge in [0, 0.05) is 17.6 Å². The number of esters is 1. The van der Waals surface area contributed by atoms with Crippen molar-refractivity contribution >= 4 is 41.1 Å². The summed E-state index contributed by atoms with van der Waals surface area (Å²) in [5, 5.41) is 3.50. The highest BCUT2D eigenvalue weighted by molar-refractivity contribution is 7.99. The molecule has 0 radical (unpaired) electrons. The third-order valence-electron chi connectivity index (χ3n) is 2.94. The number of hydrogen-bond acceptors (Lipinski definition) is 7. The molecule has 132 valence electrons. The fourth-order valence-corrected chi connectivity index (χ4v) is 2.69. The summed E-state index contributed by atoms with van der Waals surface area (Å²) >= 11 is 6.89. The summed E-state index contributed by atoms with van der Waals surface area (Å²) in [5.74, 6) is -0.662. The highest BCUT2D eigenvalue weighted by Gasteiger charge is 2.18. The van der Waals surface area contributed by atoms with Crippen molar-refractivity contribution in [1.82, 2.24) is 15.0 Å². The molecule has 0 aliphatic rings. The maximum Gasteiger partial charge on any atom is 0.317 e. The molecule has 0 aliphatic carbocycles. The van der Waals surface area contributed by atoms with E-state index in [1.54, 1.807) is 12.1 Å². The lowest BCUT2D eigenvalue weighted by Crippen LogP contribution is -2.30. The van der Waals surface area contributed by atoms with E-state index >= 15 is 0 Å². The molecule has 1 amide bonds. The maximum atomic E-state index is 12.0. The number of amides is 1. The quantitative estimate of drug-likeness (QED) is 0.467. The molecule has 2 rings (SSSR count). The second-order valence-electron chi connectivity index (χ2n) is 5.20. The number of aromatic nitrogens is 3. The molecule has 1 N–H and O–H groups in total. The van der Waals surface area contributed by atoms with E-state index < -0.39 is 18.0 Å². The lowest BCUT2D eigenvalue weighted by atomic mass is 10.3. The Morgan fingerprint density at radius 2 is 1.96 bits per heavy atom. The van der Waals surface area contributed by atoms with E-state index in [4.69, 9.17) is 16.3 Å². The maximum absolute atomic E-state index is 12.0. The molecule has 0 fully saturated rings. The van der Waals surface area contributed by atoms with E-state index in [9.17, 15) is 9.59 Å². The summed E-state index contributed by atoms with van der Waals surface area (Å²) in [6.45, 7) is 5.20. The van der Waals surface area contributed by atoms with Crippen LogP contribution in [0, 0.1) is 13.8 Å².